The van der Waals surface area contributed by atoms with Gasteiger partial charge < -0.3 is 15.2 Å². The van der Waals surface area contributed by atoms with Gasteiger partial charge in [0.15, 0.2) is 0 Å². The van der Waals surface area contributed by atoms with Crippen LogP contribution < -0.4 is 5.32 Å². The molecule has 1 amide bonds. The molecule has 5 nitrogen and oxygen atoms in total. The molecular weight excluding hydrogens is 198 g/mol. The van der Waals surface area contributed by atoms with Gasteiger partial charge in [-0.15, -0.1) is 0 Å². The maximum absolute atomic E-state index is 11.4. The van der Waals surface area contributed by atoms with Crippen molar-refractivity contribution in [2.24, 2.45) is 0 Å². The van der Waals surface area contributed by atoms with E-state index in [1.165, 1.54) is 0 Å². The van der Waals surface area contributed by atoms with E-state index >= 15 is 0 Å². The summed E-state index contributed by atoms with van der Waals surface area (Å²) in [7, 11) is 0. The van der Waals surface area contributed by atoms with Gasteiger partial charge in [0.1, 0.15) is 6.04 Å². The number of carbonyl (C=O) groups excluding carboxylic acids is 2. The van der Waals surface area contributed by atoms with Gasteiger partial charge in [0.2, 0.25) is 5.91 Å². The van der Waals surface area contributed by atoms with Crippen molar-refractivity contribution in [1.82, 2.24) is 5.32 Å². The minimum Gasteiger partial charge on any atom is -0.464 e. The number of rotatable bonds is 5. The minimum absolute atomic E-state index is 0.0532. The molecule has 2 N–H and O–H groups in total. The van der Waals surface area contributed by atoms with Crippen LogP contribution in [0, 0.1) is 0 Å². The molecule has 15 heavy (non-hydrogen) atoms. The first-order chi connectivity index (χ1) is 7.13. The number of aliphatic hydroxyl groups excluding tert-OH is 1. The lowest BCUT2D eigenvalue weighted by atomic mass is 10.1. The standard InChI is InChI=1S/C10H17NO4/c1-2-3-7(12)6-9(13)11-8-4-5-15-10(8)14/h7-8,12H,2-6H2,1H3,(H,11,13)/t7-,8-/m1/s1. The Morgan fingerprint density at radius 2 is 2.47 bits per heavy atom. The highest BCUT2D eigenvalue weighted by atomic mass is 16.5. The molecule has 1 saturated heterocycles. The summed E-state index contributed by atoms with van der Waals surface area (Å²) in [6, 6.07) is -0.522. The summed E-state index contributed by atoms with van der Waals surface area (Å²) in [6.45, 7) is 2.30. The molecule has 1 rings (SSSR count). The number of hydrogen-bond donors (Lipinski definition) is 2. The van der Waals surface area contributed by atoms with Crippen LogP contribution in [0.3, 0.4) is 0 Å². The predicted octanol–water partition coefficient (Wildman–Crippen LogP) is -0.0308. The lowest BCUT2D eigenvalue weighted by Crippen LogP contribution is -2.39. The molecule has 0 aliphatic carbocycles. The first-order valence-electron chi connectivity index (χ1n) is 5.27. The van der Waals surface area contributed by atoms with E-state index in [0.717, 1.165) is 6.42 Å². The molecule has 1 fully saturated rings. The smallest absolute Gasteiger partial charge is 0.328 e. The number of carbonyl (C=O) groups is 2. The molecule has 86 valence electrons. The van der Waals surface area contributed by atoms with Gasteiger partial charge in [0.25, 0.3) is 0 Å². The van der Waals surface area contributed by atoms with E-state index in [2.05, 4.69) is 5.32 Å². The van der Waals surface area contributed by atoms with Crippen molar-refractivity contribution in [3.05, 3.63) is 0 Å². The van der Waals surface area contributed by atoms with E-state index < -0.39 is 12.1 Å². The number of hydrogen-bond acceptors (Lipinski definition) is 4. The van der Waals surface area contributed by atoms with Crippen LogP contribution in [0.15, 0.2) is 0 Å². The third-order valence-electron chi connectivity index (χ3n) is 2.31. The lowest BCUT2D eigenvalue weighted by Gasteiger charge is -2.11. The highest BCUT2D eigenvalue weighted by molar-refractivity contribution is 5.85. The van der Waals surface area contributed by atoms with Crippen molar-refractivity contribution in [3.8, 4) is 0 Å². The average Bonchev–Trinajstić information content (AvgIpc) is 2.52. The summed E-state index contributed by atoms with van der Waals surface area (Å²) in [4.78, 5) is 22.4. The predicted molar refractivity (Wildman–Crippen MR) is 53.0 cm³/mol. The summed E-state index contributed by atoms with van der Waals surface area (Å²) < 4.78 is 4.70. The quantitative estimate of drug-likeness (QED) is 0.631. The van der Waals surface area contributed by atoms with Crippen molar-refractivity contribution in [3.63, 3.8) is 0 Å². The van der Waals surface area contributed by atoms with Crippen LogP contribution in [0.5, 0.6) is 0 Å². The first-order valence-corrected chi connectivity index (χ1v) is 5.27. The Balaban J connectivity index is 2.26. The SMILES string of the molecule is CCC[C@@H](O)CC(=O)N[C@@H]1CCOC1=O. The van der Waals surface area contributed by atoms with E-state index in [1.807, 2.05) is 6.92 Å². The Bertz CT molecular complexity index is 242. The zero-order chi connectivity index (χ0) is 11.3. The molecule has 0 spiro atoms. The van der Waals surface area contributed by atoms with E-state index in [-0.39, 0.29) is 18.3 Å². The Morgan fingerprint density at radius 1 is 1.73 bits per heavy atom. The van der Waals surface area contributed by atoms with Gasteiger partial charge in [-0.05, 0) is 6.42 Å². The van der Waals surface area contributed by atoms with Crippen molar-refractivity contribution in [2.75, 3.05) is 6.61 Å². The van der Waals surface area contributed by atoms with Crippen LogP contribution in [0.25, 0.3) is 0 Å². The summed E-state index contributed by atoms with van der Waals surface area (Å²) in [5.74, 6) is -0.673. The Labute approximate surface area is 88.8 Å². The fourth-order valence-corrected chi connectivity index (χ4v) is 1.53. The summed E-state index contributed by atoms with van der Waals surface area (Å²) in [5, 5.41) is 11.9. The fraction of sp³-hybridized carbons (Fsp3) is 0.800. The number of cyclic esters (lactones) is 1. The molecule has 0 aromatic rings. The first kappa shape index (κ1) is 12.0. The van der Waals surface area contributed by atoms with Crippen LogP contribution in [0.1, 0.15) is 32.6 Å². The molecule has 2 atom stereocenters. The van der Waals surface area contributed by atoms with Gasteiger partial charge in [-0.3, -0.25) is 4.79 Å². The van der Waals surface area contributed by atoms with Crippen LogP contribution in [0.2, 0.25) is 0 Å². The lowest BCUT2D eigenvalue weighted by molar-refractivity contribution is -0.141. The Hall–Kier alpha value is -1.10. The second-order valence-electron chi connectivity index (χ2n) is 3.72. The van der Waals surface area contributed by atoms with E-state index in [4.69, 9.17) is 4.74 Å². The van der Waals surface area contributed by atoms with Crippen LogP contribution in [-0.2, 0) is 14.3 Å². The molecule has 0 radical (unpaired) electrons. The number of ether oxygens (including phenoxy) is 1. The third-order valence-corrected chi connectivity index (χ3v) is 2.31. The summed E-state index contributed by atoms with van der Waals surface area (Å²) in [5.41, 5.74) is 0. The van der Waals surface area contributed by atoms with Crippen molar-refractivity contribution in [1.29, 1.82) is 0 Å². The largest absolute Gasteiger partial charge is 0.464 e. The topological polar surface area (TPSA) is 75.6 Å². The van der Waals surface area contributed by atoms with Gasteiger partial charge in [-0.2, -0.15) is 0 Å². The second kappa shape index (κ2) is 5.70. The van der Waals surface area contributed by atoms with Gasteiger partial charge in [-0.25, -0.2) is 4.79 Å². The van der Waals surface area contributed by atoms with E-state index in [0.29, 0.717) is 19.4 Å². The number of amides is 1. The van der Waals surface area contributed by atoms with Gasteiger partial charge in [0, 0.05) is 6.42 Å². The third kappa shape index (κ3) is 3.87. The van der Waals surface area contributed by atoms with E-state index in [9.17, 15) is 14.7 Å². The number of esters is 1. The molecule has 0 bridgehead atoms. The Morgan fingerprint density at radius 3 is 3.00 bits per heavy atom. The molecule has 5 heteroatoms. The van der Waals surface area contributed by atoms with E-state index in [1.54, 1.807) is 0 Å². The van der Waals surface area contributed by atoms with Gasteiger partial charge >= 0.3 is 5.97 Å². The van der Waals surface area contributed by atoms with Gasteiger partial charge in [0.05, 0.1) is 19.1 Å². The zero-order valence-corrected chi connectivity index (χ0v) is 8.86. The molecule has 0 aromatic heterocycles. The minimum atomic E-state index is -0.618. The monoisotopic (exact) mass is 215 g/mol. The zero-order valence-electron chi connectivity index (χ0n) is 8.86. The molecule has 1 heterocycles. The maximum Gasteiger partial charge on any atom is 0.328 e. The Kier molecular flexibility index (Phi) is 4.55. The molecule has 0 unspecified atom stereocenters. The van der Waals surface area contributed by atoms with Crippen molar-refractivity contribution < 1.29 is 19.4 Å². The number of nitrogens with one attached hydrogen (secondary N) is 1. The number of aliphatic hydroxyl groups is 1. The fourth-order valence-electron chi connectivity index (χ4n) is 1.53. The summed E-state index contributed by atoms with van der Waals surface area (Å²) in [6.07, 6.45) is 1.39. The molecular formula is C10H17NO4. The molecule has 0 aromatic carbocycles. The van der Waals surface area contributed by atoms with Crippen LogP contribution in [-0.4, -0.2) is 35.7 Å². The van der Waals surface area contributed by atoms with Crippen molar-refractivity contribution >= 4 is 11.9 Å². The molecule has 1 aliphatic heterocycles. The molecule has 0 saturated carbocycles. The highest BCUT2D eigenvalue weighted by Crippen LogP contribution is 2.07. The highest BCUT2D eigenvalue weighted by Gasteiger charge is 2.28. The maximum atomic E-state index is 11.4. The normalized spacial score (nSPS) is 22.3. The van der Waals surface area contributed by atoms with Gasteiger partial charge in [-0.1, -0.05) is 13.3 Å². The second-order valence-corrected chi connectivity index (χ2v) is 3.72. The summed E-state index contributed by atoms with van der Waals surface area (Å²) >= 11 is 0. The van der Waals surface area contributed by atoms with Crippen LogP contribution >= 0.6 is 0 Å². The van der Waals surface area contributed by atoms with Crippen LogP contribution in [0.4, 0.5) is 0 Å². The molecule has 1 aliphatic rings. The average molecular weight is 215 g/mol. The van der Waals surface area contributed by atoms with Crippen molar-refractivity contribution in [2.45, 2.75) is 44.8 Å².